The number of carbonyl (C=O) groups excluding carboxylic acids is 1. The van der Waals surface area contributed by atoms with Crippen molar-refractivity contribution in [3.8, 4) is 5.75 Å². The van der Waals surface area contributed by atoms with E-state index in [9.17, 15) is 4.79 Å². The molecule has 1 amide bonds. The zero-order valence-corrected chi connectivity index (χ0v) is 15.4. The zero-order valence-electron chi connectivity index (χ0n) is 15.4. The van der Waals surface area contributed by atoms with Crippen molar-refractivity contribution in [2.75, 3.05) is 20.2 Å². The maximum absolute atomic E-state index is 12.5. The number of benzene rings is 1. The Balaban J connectivity index is 1.58. The van der Waals surface area contributed by atoms with Crippen LogP contribution in [0, 0.1) is 0 Å². The monoisotopic (exact) mass is 353 g/mol. The number of carbonyl (C=O) groups is 1. The Morgan fingerprint density at radius 3 is 2.73 bits per heavy atom. The van der Waals surface area contributed by atoms with Gasteiger partial charge in [-0.2, -0.15) is 0 Å². The van der Waals surface area contributed by atoms with E-state index in [1.54, 1.807) is 19.4 Å². The molecule has 1 aromatic heterocycles. The second kappa shape index (κ2) is 9.34. The lowest BCUT2D eigenvalue weighted by atomic mass is 10.1. The molecule has 0 aliphatic carbocycles. The highest BCUT2D eigenvalue weighted by Crippen LogP contribution is 2.15. The van der Waals surface area contributed by atoms with Crippen LogP contribution in [0.4, 0.5) is 0 Å². The SMILES string of the molecule is COc1ccnc(CNC(=O)c2cccc(CN3CCCCCC3)c2)c1. The van der Waals surface area contributed by atoms with Crippen LogP contribution in [0.3, 0.4) is 0 Å². The van der Waals surface area contributed by atoms with E-state index >= 15 is 0 Å². The van der Waals surface area contributed by atoms with E-state index < -0.39 is 0 Å². The fraction of sp³-hybridized carbons (Fsp3) is 0.429. The first-order chi connectivity index (χ1) is 12.7. The first kappa shape index (κ1) is 18.4. The lowest BCUT2D eigenvalue weighted by molar-refractivity contribution is 0.0950. The Morgan fingerprint density at radius 2 is 1.96 bits per heavy atom. The van der Waals surface area contributed by atoms with Gasteiger partial charge in [-0.15, -0.1) is 0 Å². The van der Waals surface area contributed by atoms with Gasteiger partial charge in [0.15, 0.2) is 0 Å². The molecule has 1 aliphatic heterocycles. The number of pyridine rings is 1. The van der Waals surface area contributed by atoms with Gasteiger partial charge in [0.2, 0.25) is 0 Å². The molecule has 0 saturated carbocycles. The summed E-state index contributed by atoms with van der Waals surface area (Å²) in [6, 6.07) is 11.5. The number of aromatic nitrogens is 1. The predicted octanol–water partition coefficient (Wildman–Crippen LogP) is 3.40. The minimum Gasteiger partial charge on any atom is -0.497 e. The molecule has 3 rings (SSSR count). The van der Waals surface area contributed by atoms with E-state index in [2.05, 4.69) is 21.3 Å². The van der Waals surface area contributed by atoms with Crippen LogP contribution in [0.2, 0.25) is 0 Å². The molecule has 0 unspecified atom stereocenters. The molecule has 1 aliphatic rings. The number of amides is 1. The van der Waals surface area contributed by atoms with Crippen LogP contribution in [-0.4, -0.2) is 36.0 Å². The molecule has 0 radical (unpaired) electrons. The van der Waals surface area contributed by atoms with Crippen molar-refractivity contribution >= 4 is 5.91 Å². The molecule has 26 heavy (non-hydrogen) atoms. The molecule has 0 spiro atoms. The number of nitrogens with zero attached hydrogens (tertiary/aromatic N) is 2. The number of likely N-dealkylation sites (tertiary alicyclic amines) is 1. The third-order valence-electron chi connectivity index (χ3n) is 4.75. The van der Waals surface area contributed by atoms with Gasteiger partial charge in [-0.3, -0.25) is 14.7 Å². The maximum atomic E-state index is 12.5. The number of hydrogen-bond donors (Lipinski definition) is 1. The van der Waals surface area contributed by atoms with Gasteiger partial charge in [-0.05, 0) is 49.7 Å². The van der Waals surface area contributed by atoms with E-state index in [1.807, 2.05) is 24.3 Å². The van der Waals surface area contributed by atoms with Crippen molar-refractivity contribution < 1.29 is 9.53 Å². The van der Waals surface area contributed by atoms with Crippen molar-refractivity contribution in [2.45, 2.75) is 38.8 Å². The number of methoxy groups -OCH3 is 1. The number of ether oxygens (including phenoxy) is 1. The van der Waals surface area contributed by atoms with Gasteiger partial charge in [0.05, 0.1) is 19.3 Å². The highest BCUT2D eigenvalue weighted by Gasteiger charge is 2.11. The van der Waals surface area contributed by atoms with Crippen molar-refractivity contribution in [3.63, 3.8) is 0 Å². The van der Waals surface area contributed by atoms with E-state index in [1.165, 1.54) is 31.2 Å². The summed E-state index contributed by atoms with van der Waals surface area (Å²) in [7, 11) is 1.62. The van der Waals surface area contributed by atoms with Gasteiger partial charge in [-0.25, -0.2) is 0 Å². The summed E-state index contributed by atoms with van der Waals surface area (Å²) < 4.78 is 5.19. The summed E-state index contributed by atoms with van der Waals surface area (Å²) in [4.78, 5) is 19.2. The van der Waals surface area contributed by atoms with E-state index in [0.717, 1.165) is 31.1 Å². The predicted molar refractivity (Wildman–Crippen MR) is 102 cm³/mol. The Labute approximate surface area is 155 Å². The van der Waals surface area contributed by atoms with E-state index in [0.29, 0.717) is 12.1 Å². The standard InChI is InChI=1S/C21H27N3O2/c1-26-20-9-10-22-19(14-20)15-23-21(25)18-8-6-7-17(13-18)16-24-11-4-2-3-5-12-24/h6-10,13-14H,2-5,11-12,15-16H2,1H3,(H,23,25). The molecular weight excluding hydrogens is 326 g/mol. The number of hydrogen-bond acceptors (Lipinski definition) is 4. The Hall–Kier alpha value is -2.40. The smallest absolute Gasteiger partial charge is 0.251 e. The average Bonchev–Trinajstić information content (AvgIpc) is 2.95. The second-order valence-corrected chi connectivity index (χ2v) is 6.76. The number of nitrogens with one attached hydrogen (secondary N) is 1. The summed E-state index contributed by atoms with van der Waals surface area (Å²) >= 11 is 0. The quantitative estimate of drug-likeness (QED) is 0.865. The van der Waals surface area contributed by atoms with Crippen molar-refractivity contribution in [1.82, 2.24) is 15.2 Å². The van der Waals surface area contributed by atoms with Crippen LogP contribution < -0.4 is 10.1 Å². The molecule has 5 heteroatoms. The molecule has 5 nitrogen and oxygen atoms in total. The van der Waals surface area contributed by atoms with Crippen LogP contribution in [0.25, 0.3) is 0 Å². The van der Waals surface area contributed by atoms with Crippen LogP contribution >= 0.6 is 0 Å². The lowest BCUT2D eigenvalue weighted by Crippen LogP contribution is -2.25. The van der Waals surface area contributed by atoms with Gasteiger partial charge >= 0.3 is 0 Å². The Morgan fingerprint density at radius 1 is 1.15 bits per heavy atom. The van der Waals surface area contributed by atoms with Gasteiger partial charge in [0.1, 0.15) is 5.75 Å². The van der Waals surface area contributed by atoms with Gasteiger partial charge in [-0.1, -0.05) is 25.0 Å². The molecule has 1 N–H and O–H groups in total. The summed E-state index contributed by atoms with van der Waals surface area (Å²) in [5.74, 6) is 0.663. The summed E-state index contributed by atoms with van der Waals surface area (Å²) in [6.07, 6.45) is 6.89. The fourth-order valence-corrected chi connectivity index (χ4v) is 3.32. The van der Waals surface area contributed by atoms with Crippen molar-refractivity contribution in [2.24, 2.45) is 0 Å². The average molecular weight is 353 g/mol. The molecule has 0 atom stereocenters. The zero-order chi connectivity index (χ0) is 18.2. The maximum Gasteiger partial charge on any atom is 0.251 e. The van der Waals surface area contributed by atoms with Crippen molar-refractivity contribution in [3.05, 3.63) is 59.4 Å². The molecule has 2 heterocycles. The normalized spacial score (nSPS) is 15.3. The second-order valence-electron chi connectivity index (χ2n) is 6.76. The van der Waals surface area contributed by atoms with E-state index in [4.69, 9.17) is 4.74 Å². The first-order valence-corrected chi connectivity index (χ1v) is 9.33. The molecule has 2 aromatic rings. The summed E-state index contributed by atoms with van der Waals surface area (Å²) in [6.45, 7) is 3.60. The summed E-state index contributed by atoms with van der Waals surface area (Å²) in [5.41, 5.74) is 2.66. The van der Waals surface area contributed by atoms with Gasteiger partial charge in [0.25, 0.3) is 5.91 Å². The molecule has 0 bridgehead atoms. The van der Waals surface area contributed by atoms with Gasteiger partial charge < -0.3 is 10.1 Å². The van der Waals surface area contributed by atoms with E-state index in [-0.39, 0.29) is 5.91 Å². The Bertz CT molecular complexity index is 725. The molecule has 1 saturated heterocycles. The largest absolute Gasteiger partial charge is 0.497 e. The van der Waals surface area contributed by atoms with Crippen LogP contribution in [-0.2, 0) is 13.1 Å². The third kappa shape index (κ3) is 5.30. The number of rotatable bonds is 6. The van der Waals surface area contributed by atoms with Crippen LogP contribution in [0.15, 0.2) is 42.6 Å². The minimum atomic E-state index is -0.0765. The molecule has 138 valence electrons. The lowest BCUT2D eigenvalue weighted by Gasteiger charge is -2.20. The molecule has 1 aromatic carbocycles. The van der Waals surface area contributed by atoms with Gasteiger partial charge in [0, 0.05) is 24.4 Å². The Kier molecular flexibility index (Phi) is 6.61. The molecule has 1 fully saturated rings. The first-order valence-electron chi connectivity index (χ1n) is 9.33. The third-order valence-corrected chi connectivity index (χ3v) is 4.75. The summed E-state index contributed by atoms with van der Waals surface area (Å²) in [5, 5.41) is 2.94. The van der Waals surface area contributed by atoms with Crippen LogP contribution in [0.1, 0.15) is 47.3 Å². The topological polar surface area (TPSA) is 54.5 Å². The van der Waals surface area contributed by atoms with Crippen LogP contribution in [0.5, 0.6) is 5.75 Å². The molecular formula is C21H27N3O2. The minimum absolute atomic E-state index is 0.0765. The van der Waals surface area contributed by atoms with Crippen molar-refractivity contribution in [1.29, 1.82) is 0 Å². The highest BCUT2D eigenvalue weighted by molar-refractivity contribution is 5.94. The highest BCUT2D eigenvalue weighted by atomic mass is 16.5. The fourth-order valence-electron chi connectivity index (χ4n) is 3.32.